The Balaban J connectivity index is 1.62. The lowest BCUT2D eigenvalue weighted by Gasteiger charge is -2.32. The smallest absolute Gasteiger partial charge is 0.168 e. The summed E-state index contributed by atoms with van der Waals surface area (Å²) in [5.74, 6) is 0.0703. The summed E-state index contributed by atoms with van der Waals surface area (Å²) in [6, 6.07) is 0. The van der Waals surface area contributed by atoms with Gasteiger partial charge in [-0.05, 0) is 19.3 Å². The molecule has 3 nitrogen and oxygen atoms in total. The van der Waals surface area contributed by atoms with Crippen molar-refractivity contribution in [2.75, 3.05) is 6.61 Å². The van der Waals surface area contributed by atoms with Crippen molar-refractivity contribution in [3.63, 3.8) is 0 Å². The van der Waals surface area contributed by atoms with Gasteiger partial charge in [0.25, 0.3) is 0 Å². The molecule has 3 heteroatoms. The Kier molecular flexibility index (Phi) is 2.78. The Bertz CT molecular complexity index is 281. The van der Waals surface area contributed by atoms with Gasteiger partial charge in [-0.2, -0.15) is 0 Å². The van der Waals surface area contributed by atoms with Crippen LogP contribution in [0.1, 0.15) is 38.5 Å². The molecule has 3 rings (SSSR count). The molecule has 0 aromatic rings. The van der Waals surface area contributed by atoms with Gasteiger partial charge in [0.2, 0.25) is 0 Å². The molecule has 1 heterocycles. The summed E-state index contributed by atoms with van der Waals surface area (Å²) in [4.78, 5) is 0. The second-order valence-electron chi connectivity index (χ2n) is 5.29. The predicted molar refractivity (Wildman–Crippen MR) is 59.9 cm³/mol. The molecule has 3 atom stereocenters. The summed E-state index contributed by atoms with van der Waals surface area (Å²) in [5.41, 5.74) is 0. The Morgan fingerprint density at radius 2 is 1.94 bits per heavy atom. The largest absolute Gasteiger partial charge is 0.389 e. The molecule has 2 fully saturated rings. The van der Waals surface area contributed by atoms with E-state index in [1.807, 2.05) is 6.08 Å². The van der Waals surface area contributed by atoms with Gasteiger partial charge in [-0.3, -0.25) is 0 Å². The SMILES string of the molecule is O[C@H]1C=C[C@H]([C@H]2COC3(CCCCC3)O2)C1. The highest BCUT2D eigenvalue weighted by Crippen LogP contribution is 2.41. The van der Waals surface area contributed by atoms with Crippen molar-refractivity contribution in [3.05, 3.63) is 12.2 Å². The van der Waals surface area contributed by atoms with E-state index in [0.29, 0.717) is 12.5 Å². The quantitative estimate of drug-likeness (QED) is 0.692. The van der Waals surface area contributed by atoms with Crippen molar-refractivity contribution < 1.29 is 14.6 Å². The third kappa shape index (κ3) is 1.92. The van der Waals surface area contributed by atoms with E-state index in [9.17, 15) is 5.11 Å². The van der Waals surface area contributed by atoms with Gasteiger partial charge in [0.1, 0.15) is 0 Å². The zero-order chi connectivity index (χ0) is 11.0. The maximum Gasteiger partial charge on any atom is 0.168 e. The number of hydrogen-bond donors (Lipinski definition) is 1. The van der Waals surface area contributed by atoms with Crippen LogP contribution in [0.2, 0.25) is 0 Å². The van der Waals surface area contributed by atoms with E-state index in [1.165, 1.54) is 19.3 Å². The molecule has 0 unspecified atom stereocenters. The molecule has 1 saturated carbocycles. The topological polar surface area (TPSA) is 38.7 Å². The van der Waals surface area contributed by atoms with Crippen molar-refractivity contribution in [1.82, 2.24) is 0 Å². The van der Waals surface area contributed by atoms with Crippen LogP contribution >= 0.6 is 0 Å². The van der Waals surface area contributed by atoms with E-state index in [1.54, 1.807) is 0 Å². The van der Waals surface area contributed by atoms with Gasteiger partial charge in [0.15, 0.2) is 5.79 Å². The molecule has 2 aliphatic carbocycles. The van der Waals surface area contributed by atoms with Gasteiger partial charge in [0.05, 0.1) is 18.8 Å². The summed E-state index contributed by atoms with van der Waals surface area (Å²) in [7, 11) is 0. The average molecular weight is 224 g/mol. The molecule has 0 amide bonds. The Morgan fingerprint density at radius 3 is 2.62 bits per heavy atom. The molecular formula is C13H20O3. The molecule has 0 radical (unpaired) electrons. The first-order valence-corrected chi connectivity index (χ1v) is 6.46. The predicted octanol–water partition coefficient (Wildman–Crippen LogP) is 2.00. The Labute approximate surface area is 96.4 Å². The molecule has 1 N–H and O–H groups in total. The van der Waals surface area contributed by atoms with Crippen molar-refractivity contribution in [2.24, 2.45) is 5.92 Å². The lowest BCUT2D eigenvalue weighted by atomic mass is 9.94. The summed E-state index contributed by atoms with van der Waals surface area (Å²) in [6.45, 7) is 0.696. The number of aliphatic hydroxyl groups is 1. The molecule has 1 aliphatic heterocycles. The van der Waals surface area contributed by atoms with Gasteiger partial charge in [-0.15, -0.1) is 0 Å². The van der Waals surface area contributed by atoms with Crippen LogP contribution < -0.4 is 0 Å². The minimum absolute atomic E-state index is 0.159. The first-order chi connectivity index (χ1) is 7.77. The molecule has 0 aromatic heterocycles. The van der Waals surface area contributed by atoms with E-state index < -0.39 is 0 Å². The molecule has 0 bridgehead atoms. The van der Waals surface area contributed by atoms with E-state index in [4.69, 9.17) is 9.47 Å². The van der Waals surface area contributed by atoms with Gasteiger partial charge >= 0.3 is 0 Å². The van der Waals surface area contributed by atoms with Crippen LogP contribution in [0, 0.1) is 5.92 Å². The lowest BCUT2D eigenvalue weighted by molar-refractivity contribution is -0.190. The third-order valence-electron chi connectivity index (χ3n) is 4.06. The molecule has 3 aliphatic rings. The van der Waals surface area contributed by atoms with Crippen LogP contribution in [-0.2, 0) is 9.47 Å². The fourth-order valence-corrected chi connectivity index (χ4v) is 3.12. The number of hydrogen-bond acceptors (Lipinski definition) is 3. The van der Waals surface area contributed by atoms with Gasteiger partial charge in [0, 0.05) is 18.8 Å². The zero-order valence-corrected chi connectivity index (χ0v) is 9.60. The maximum atomic E-state index is 9.48. The molecule has 1 saturated heterocycles. The van der Waals surface area contributed by atoms with Crippen molar-refractivity contribution in [1.29, 1.82) is 0 Å². The first kappa shape index (κ1) is 10.8. The first-order valence-electron chi connectivity index (χ1n) is 6.46. The highest BCUT2D eigenvalue weighted by molar-refractivity contribution is 5.06. The zero-order valence-electron chi connectivity index (χ0n) is 9.60. The van der Waals surface area contributed by atoms with Crippen LogP contribution in [-0.4, -0.2) is 29.7 Å². The highest BCUT2D eigenvalue weighted by atomic mass is 16.7. The molecular weight excluding hydrogens is 204 g/mol. The fourth-order valence-electron chi connectivity index (χ4n) is 3.12. The van der Waals surface area contributed by atoms with E-state index in [0.717, 1.165) is 19.3 Å². The van der Waals surface area contributed by atoms with Crippen LogP contribution in [0.4, 0.5) is 0 Å². The summed E-state index contributed by atoms with van der Waals surface area (Å²) < 4.78 is 12.0. The van der Waals surface area contributed by atoms with Gasteiger partial charge < -0.3 is 14.6 Å². The summed E-state index contributed by atoms with van der Waals surface area (Å²) >= 11 is 0. The van der Waals surface area contributed by atoms with Crippen LogP contribution in [0.5, 0.6) is 0 Å². The summed E-state index contributed by atoms with van der Waals surface area (Å²) in [6.07, 6.45) is 10.5. The lowest BCUT2D eigenvalue weighted by Crippen LogP contribution is -2.34. The van der Waals surface area contributed by atoms with Crippen molar-refractivity contribution >= 4 is 0 Å². The summed E-state index contributed by atoms with van der Waals surface area (Å²) in [5, 5.41) is 9.48. The second-order valence-corrected chi connectivity index (χ2v) is 5.29. The van der Waals surface area contributed by atoms with Crippen LogP contribution in [0.25, 0.3) is 0 Å². The van der Waals surface area contributed by atoms with Gasteiger partial charge in [-0.1, -0.05) is 18.6 Å². The normalized spacial score (nSPS) is 41.9. The highest BCUT2D eigenvalue weighted by Gasteiger charge is 2.44. The number of ether oxygens (including phenoxy) is 2. The van der Waals surface area contributed by atoms with Crippen LogP contribution in [0.3, 0.4) is 0 Å². The average Bonchev–Trinajstić information content (AvgIpc) is 2.87. The fraction of sp³-hybridized carbons (Fsp3) is 0.846. The van der Waals surface area contributed by atoms with E-state index in [2.05, 4.69) is 6.08 Å². The molecule has 16 heavy (non-hydrogen) atoms. The Morgan fingerprint density at radius 1 is 1.12 bits per heavy atom. The third-order valence-corrected chi connectivity index (χ3v) is 4.06. The standard InChI is InChI=1S/C13H20O3/c14-11-5-4-10(8-11)12-9-15-13(16-12)6-2-1-3-7-13/h4-5,10-12,14H,1-3,6-9H2/t10-,11-,12+/m0/s1. The minimum atomic E-state index is -0.281. The molecule has 1 spiro atoms. The van der Waals surface area contributed by atoms with Crippen molar-refractivity contribution in [2.45, 2.75) is 56.5 Å². The van der Waals surface area contributed by atoms with E-state index >= 15 is 0 Å². The molecule has 90 valence electrons. The minimum Gasteiger partial charge on any atom is -0.389 e. The van der Waals surface area contributed by atoms with Crippen LogP contribution in [0.15, 0.2) is 12.2 Å². The van der Waals surface area contributed by atoms with Crippen molar-refractivity contribution in [3.8, 4) is 0 Å². The second kappa shape index (κ2) is 4.13. The van der Waals surface area contributed by atoms with E-state index in [-0.39, 0.29) is 18.0 Å². The Hall–Kier alpha value is -0.380. The monoisotopic (exact) mass is 224 g/mol. The number of aliphatic hydroxyl groups excluding tert-OH is 1. The number of rotatable bonds is 1. The molecule has 0 aromatic carbocycles. The van der Waals surface area contributed by atoms with Gasteiger partial charge in [-0.25, -0.2) is 0 Å². The maximum absolute atomic E-state index is 9.48.